The number of para-hydroxylation sites is 1. The summed E-state index contributed by atoms with van der Waals surface area (Å²) >= 11 is 6.30. The van der Waals surface area contributed by atoms with E-state index in [1.165, 1.54) is 11.9 Å². The molecule has 27 heavy (non-hydrogen) atoms. The van der Waals surface area contributed by atoms with Crippen LogP contribution in [0, 0.1) is 5.41 Å². The van der Waals surface area contributed by atoms with Crippen LogP contribution in [0.1, 0.15) is 37.3 Å². The molecule has 2 N–H and O–H groups in total. The molecule has 0 amide bonds. The van der Waals surface area contributed by atoms with E-state index in [0.717, 1.165) is 47.2 Å². The summed E-state index contributed by atoms with van der Waals surface area (Å²) in [6.07, 6.45) is 2.46. The van der Waals surface area contributed by atoms with Gasteiger partial charge in [-0.2, -0.15) is 0 Å². The number of ether oxygens (including phenoxy) is 1. The maximum absolute atomic E-state index is 7.55. The van der Waals surface area contributed by atoms with E-state index in [9.17, 15) is 0 Å². The molecule has 0 spiro atoms. The van der Waals surface area contributed by atoms with E-state index in [4.69, 9.17) is 21.7 Å². The molecule has 5 heteroatoms. The Kier molecular flexibility index (Phi) is 7.74. The van der Waals surface area contributed by atoms with Crippen LogP contribution < -0.4 is 15.0 Å². The summed E-state index contributed by atoms with van der Waals surface area (Å²) in [5.74, 6) is 1.05. The van der Waals surface area contributed by atoms with Gasteiger partial charge in [-0.1, -0.05) is 50.2 Å². The largest absolute Gasteiger partial charge is 0.497 e. The zero-order chi connectivity index (χ0) is 19.8. The second kappa shape index (κ2) is 10.0. The van der Waals surface area contributed by atoms with E-state index in [1.54, 1.807) is 7.11 Å². The van der Waals surface area contributed by atoms with E-state index >= 15 is 0 Å². The van der Waals surface area contributed by atoms with Gasteiger partial charge in [0, 0.05) is 40.5 Å². The van der Waals surface area contributed by atoms with Gasteiger partial charge in [-0.05, 0) is 30.7 Å². The van der Waals surface area contributed by atoms with Gasteiger partial charge in [-0.3, -0.25) is 0 Å². The molecule has 0 bridgehead atoms. The Balaban J connectivity index is 0.000000220. The van der Waals surface area contributed by atoms with Crippen LogP contribution >= 0.6 is 11.6 Å². The molecule has 1 atom stereocenters. The number of halogens is 1. The molecule has 4 rings (SSSR count). The Morgan fingerprint density at radius 3 is 2.52 bits per heavy atom. The number of hydrogen-bond acceptors (Lipinski definition) is 4. The molecule has 2 aromatic rings. The monoisotopic (exact) mass is 385 g/mol. The highest BCUT2D eigenvalue weighted by atomic mass is 35.5. The fraction of sp³-hybridized carbons (Fsp3) is 0.318. The molecule has 0 unspecified atom stereocenters. The van der Waals surface area contributed by atoms with Crippen LogP contribution in [0.5, 0.6) is 5.75 Å². The van der Waals surface area contributed by atoms with Gasteiger partial charge in [-0.25, -0.2) is 0 Å². The molecule has 2 aliphatic heterocycles. The molecule has 0 aliphatic carbocycles. The Morgan fingerprint density at radius 2 is 1.93 bits per heavy atom. The third kappa shape index (κ3) is 4.64. The summed E-state index contributed by atoms with van der Waals surface area (Å²) in [5.41, 5.74) is 4.32. The van der Waals surface area contributed by atoms with Crippen LogP contribution in [-0.2, 0) is 0 Å². The van der Waals surface area contributed by atoms with Gasteiger partial charge in [0.15, 0.2) is 0 Å². The zero-order valence-corrected chi connectivity index (χ0v) is 17.0. The lowest BCUT2D eigenvalue weighted by Gasteiger charge is -2.40. The van der Waals surface area contributed by atoms with Crippen LogP contribution in [0.25, 0.3) is 5.70 Å². The summed E-state index contributed by atoms with van der Waals surface area (Å²) < 4.78 is 4.91. The summed E-state index contributed by atoms with van der Waals surface area (Å²) in [7, 11) is 1.66. The Hall–Kier alpha value is -2.46. The summed E-state index contributed by atoms with van der Waals surface area (Å²) in [5, 5.41) is 11.6. The summed E-state index contributed by atoms with van der Waals surface area (Å²) in [6.45, 7) is 9.77. The molecule has 0 aromatic heterocycles. The van der Waals surface area contributed by atoms with E-state index in [2.05, 4.69) is 16.8 Å². The second-order valence-corrected chi connectivity index (χ2v) is 6.42. The molecule has 0 saturated heterocycles. The predicted molar refractivity (Wildman–Crippen MR) is 116 cm³/mol. The number of benzene rings is 2. The first-order valence-electron chi connectivity index (χ1n) is 9.25. The van der Waals surface area contributed by atoms with Gasteiger partial charge >= 0.3 is 0 Å². The first-order chi connectivity index (χ1) is 13.2. The first-order valence-corrected chi connectivity index (χ1v) is 9.63. The highest BCUT2D eigenvalue weighted by Crippen LogP contribution is 2.44. The van der Waals surface area contributed by atoms with E-state index in [0.29, 0.717) is 0 Å². The molecule has 2 heterocycles. The van der Waals surface area contributed by atoms with Gasteiger partial charge in [0.2, 0.25) is 0 Å². The highest BCUT2D eigenvalue weighted by molar-refractivity contribution is 6.32. The van der Waals surface area contributed by atoms with E-state index < -0.39 is 0 Å². The number of rotatable bonds is 2. The average Bonchev–Trinajstić information content (AvgIpc) is 2.74. The maximum Gasteiger partial charge on any atom is 0.118 e. The van der Waals surface area contributed by atoms with Gasteiger partial charge in [-0.15, -0.1) is 0 Å². The standard InChI is InChI=1S/C13H14ClN3.C7H8O.C2H6/c1-8-10-2-3-11(14)12-9(6-15)4-5-17(7-16-8)13(10)12;1-8-7-5-3-2-4-6-7;1-2/h2-3,6,9,15-16H,1,4-5,7H2;2-6H,1H3;1-2H3/t9-;;/m1../s1. The summed E-state index contributed by atoms with van der Waals surface area (Å²) in [6, 6.07) is 13.6. The smallest absolute Gasteiger partial charge is 0.118 e. The second-order valence-electron chi connectivity index (χ2n) is 6.01. The third-order valence-electron chi connectivity index (χ3n) is 4.55. The van der Waals surface area contributed by atoms with Crippen molar-refractivity contribution in [1.29, 1.82) is 5.41 Å². The lowest BCUT2D eigenvalue weighted by Crippen LogP contribution is -2.42. The molecular formula is C22H28ClN3O. The normalized spacial score (nSPS) is 16.5. The Labute approximate surface area is 167 Å². The minimum atomic E-state index is 0.139. The molecule has 4 nitrogen and oxygen atoms in total. The third-order valence-corrected chi connectivity index (χ3v) is 4.88. The number of anilines is 1. The summed E-state index contributed by atoms with van der Waals surface area (Å²) in [4.78, 5) is 2.28. The van der Waals surface area contributed by atoms with E-state index in [-0.39, 0.29) is 5.92 Å². The molecule has 2 aromatic carbocycles. The quantitative estimate of drug-likeness (QED) is 0.667. The van der Waals surface area contributed by atoms with Crippen LogP contribution in [-0.4, -0.2) is 26.5 Å². The minimum absolute atomic E-state index is 0.139. The number of nitrogens with zero attached hydrogens (tertiary/aromatic N) is 1. The highest BCUT2D eigenvalue weighted by Gasteiger charge is 2.31. The van der Waals surface area contributed by atoms with Gasteiger partial charge in [0.25, 0.3) is 0 Å². The van der Waals surface area contributed by atoms with Crippen LogP contribution in [0.4, 0.5) is 5.69 Å². The molecule has 2 aliphatic rings. The number of nitrogens with one attached hydrogen (secondary N) is 2. The number of methoxy groups -OCH3 is 1. The van der Waals surface area contributed by atoms with E-state index in [1.807, 2.05) is 56.3 Å². The van der Waals surface area contributed by atoms with Crippen molar-refractivity contribution in [1.82, 2.24) is 5.32 Å². The zero-order valence-electron chi connectivity index (χ0n) is 16.3. The van der Waals surface area contributed by atoms with Crippen molar-refractivity contribution in [3.8, 4) is 5.75 Å². The van der Waals surface area contributed by atoms with Gasteiger partial charge < -0.3 is 20.4 Å². The Bertz CT molecular complexity index is 777. The van der Waals surface area contributed by atoms with Crippen molar-refractivity contribution in [3.63, 3.8) is 0 Å². The van der Waals surface area contributed by atoms with Crippen molar-refractivity contribution in [3.05, 3.63) is 65.2 Å². The topological polar surface area (TPSA) is 48.4 Å². The van der Waals surface area contributed by atoms with Crippen LogP contribution in [0.15, 0.2) is 49.0 Å². The lowest BCUT2D eigenvalue weighted by atomic mass is 9.87. The first kappa shape index (κ1) is 20.8. The van der Waals surface area contributed by atoms with Crippen molar-refractivity contribution >= 4 is 29.2 Å². The SMILES string of the molecule is C=C1NCN2CC[C@H](C=N)c3c(Cl)ccc1c32.CC.COc1ccccc1. The Morgan fingerprint density at radius 1 is 1.22 bits per heavy atom. The van der Waals surface area contributed by atoms with Gasteiger partial charge in [0.05, 0.1) is 19.5 Å². The average molecular weight is 386 g/mol. The van der Waals surface area contributed by atoms with Crippen molar-refractivity contribution in [2.24, 2.45) is 0 Å². The molecule has 0 radical (unpaired) electrons. The minimum Gasteiger partial charge on any atom is -0.497 e. The van der Waals surface area contributed by atoms with Crippen LogP contribution in [0.3, 0.4) is 0 Å². The lowest BCUT2D eigenvalue weighted by molar-refractivity contribution is 0.415. The molecule has 0 saturated carbocycles. The predicted octanol–water partition coefficient (Wildman–Crippen LogP) is 5.54. The van der Waals surface area contributed by atoms with Crippen molar-refractivity contribution in [2.45, 2.75) is 26.2 Å². The van der Waals surface area contributed by atoms with Gasteiger partial charge in [0.1, 0.15) is 5.75 Å². The number of hydrogen-bond donors (Lipinski definition) is 2. The van der Waals surface area contributed by atoms with Crippen molar-refractivity contribution in [2.75, 3.05) is 25.2 Å². The molecular weight excluding hydrogens is 358 g/mol. The fourth-order valence-electron chi connectivity index (χ4n) is 3.24. The molecule has 144 valence electrons. The van der Waals surface area contributed by atoms with Crippen LogP contribution in [0.2, 0.25) is 5.02 Å². The fourth-order valence-corrected chi connectivity index (χ4v) is 3.53. The maximum atomic E-state index is 7.55. The molecule has 0 fully saturated rings. The van der Waals surface area contributed by atoms with Crippen molar-refractivity contribution < 1.29 is 4.74 Å².